The first-order valence-electron chi connectivity index (χ1n) is 8.86. The molecule has 1 fully saturated rings. The van der Waals surface area contributed by atoms with Crippen molar-refractivity contribution in [3.05, 3.63) is 35.3 Å². The fourth-order valence-corrected chi connectivity index (χ4v) is 5.30. The fraction of sp³-hybridized carbons (Fsp3) is 0.412. The number of thiophene rings is 1. The average molecular weight is 445 g/mol. The van der Waals surface area contributed by atoms with Gasteiger partial charge in [-0.2, -0.15) is 18.3 Å². The molecule has 0 saturated carbocycles. The molecule has 7 nitrogen and oxygen atoms in total. The molecule has 0 aliphatic carbocycles. The van der Waals surface area contributed by atoms with Crippen molar-refractivity contribution in [2.24, 2.45) is 0 Å². The first-order valence-corrected chi connectivity index (χ1v) is 11.2. The minimum absolute atomic E-state index is 0.178. The van der Waals surface area contributed by atoms with Gasteiger partial charge in [0.25, 0.3) is 10.0 Å². The maximum absolute atomic E-state index is 12.9. The Hall–Kier alpha value is -2.02. The Kier molecular flexibility index (Phi) is 5.13. The van der Waals surface area contributed by atoms with Crippen LogP contribution < -0.4 is 4.72 Å². The van der Waals surface area contributed by atoms with Crippen LogP contribution >= 0.6 is 11.3 Å². The second kappa shape index (κ2) is 7.35. The van der Waals surface area contributed by atoms with Crippen LogP contribution in [-0.4, -0.2) is 54.1 Å². The predicted molar refractivity (Wildman–Crippen MR) is 102 cm³/mol. The maximum atomic E-state index is 12.9. The van der Waals surface area contributed by atoms with Gasteiger partial charge in [0, 0.05) is 6.04 Å². The molecular weight excluding hydrogens is 427 g/mol. The Bertz CT molecular complexity index is 1130. The molecule has 12 heteroatoms. The van der Waals surface area contributed by atoms with Gasteiger partial charge >= 0.3 is 6.18 Å². The maximum Gasteiger partial charge on any atom is 0.425 e. The van der Waals surface area contributed by atoms with Crippen molar-refractivity contribution < 1.29 is 21.6 Å². The zero-order valence-corrected chi connectivity index (χ0v) is 17.0. The van der Waals surface area contributed by atoms with Crippen molar-refractivity contribution in [3.63, 3.8) is 0 Å². The highest BCUT2D eigenvalue weighted by Gasteiger charge is 2.33. The van der Waals surface area contributed by atoms with Gasteiger partial charge in [-0.05, 0) is 57.2 Å². The highest BCUT2D eigenvalue weighted by atomic mass is 32.2. The summed E-state index contributed by atoms with van der Waals surface area (Å²) in [5, 5.41) is 3.96. The van der Waals surface area contributed by atoms with E-state index in [1.807, 2.05) is 7.05 Å². The van der Waals surface area contributed by atoms with Crippen molar-refractivity contribution in [1.82, 2.24) is 24.2 Å². The van der Waals surface area contributed by atoms with E-state index in [2.05, 4.69) is 19.7 Å². The van der Waals surface area contributed by atoms with E-state index in [1.54, 1.807) is 0 Å². The summed E-state index contributed by atoms with van der Waals surface area (Å²) in [6, 6.07) is 4.97. The molecule has 0 aromatic carbocycles. The number of likely N-dealkylation sites (tertiary alicyclic amines) is 1. The Morgan fingerprint density at radius 2 is 1.90 bits per heavy atom. The number of hydrogen-bond donors (Lipinski definition) is 1. The third kappa shape index (κ3) is 4.15. The van der Waals surface area contributed by atoms with Gasteiger partial charge in [-0.25, -0.2) is 22.6 Å². The number of halogens is 3. The summed E-state index contributed by atoms with van der Waals surface area (Å²) in [5.41, 5.74) is 0.650. The summed E-state index contributed by atoms with van der Waals surface area (Å²) >= 11 is 0.559. The SMILES string of the molecule is CN1CCC(NS(=O)(=O)c2ccc3ncc(-c4ccc(C(F)(F)F)s4)n3n2)CC1. The van der Waals surface area contributed by atoms with E-state index in [0.29, 0.717) is 40.4 Å². The van der Waals surface area contributed by atoms with Crippen LogP contribution in [0.4, 0.5) is 13.2 Å². The first kappa shape index (κ1) is 20.3. The zero-order chi connectivity index (χ0) is 20.8. The molecule has 156 valence electrons. The van der Waals surface area contributed by atoms with Crippen LogP contribution in [0.2, 0.25) is 0 Å². The number of piperidine rings is 1. The van der Waals surface area contributed by atoms with E-state index in [0.717, 1.165) is 19.2 Å². The van der Waals surface area contributed by atoms with Gasteiger partial charge in [-0.15, -0.1) is 11.3 Å². The molecule has 0 amide bonds. The number of rotatable bonds is 4. The minimum atomic E-state index is -4.44. The summed E-state index contributed by atoms with van der Waals surface area (Å²) in [7, 11) is -1.89. The van der Waals surface area contributed by atoms with Crippen LogP contribution in [0.3, 0.4) is 0 Å². The lowest BCUT2D eigenvalue weighted by molar-refractivity contribution is -0.134. The van der Waals surface area contributed by atoms with Crippen LogP contribution in [0.5, 0.6) is 0 Å². The summed E-state index contributed by atoms with van der Waals surface area (Å²) in [5.74, 6) is 0. The van der Waals surface area contributed by atoms with E-state index in [4.69, 9.17) is 0 Å². The van der Waals surface area contributed by atoms with Gasteiger partial charge < -0.3 is 4.90 Å². The molecule has 1 aliphatic heterocycles. The molecule has 0 atom stereocenters. The van der Waals surface area contributed by atoms with Crippen LogP contribution in [0, 0.1) is 0 Å². The third-order valence-corrected chi connectivity index (χ3v) is 7.36. The number of hydrogen-bond acceptors (Lipinski definition) is 6. The minimum Gasteiger partial charge on any atom is -0.306 e. The van der Waals surface area contributed by atoms with Crippen LogP contribution in [-0.2, 0) is 16.2 Å². The average Bonchev–Trinajstić information content (AvgIpc) is 3.29. The smallest absolute Gasteiger partial charge is 0.306 e. The Morgan fingerprint density at radius 3 is 2.55 bits per heavy atom. The molecule has 1 saturated heterocycles. The molecule has 29 heavy (non-hydrogen) atoms. The number of nitrogens with one attached hydrogen (secondary N) is 1. The topological polar surface area (TPSA) is 79.6 Å². The summed E-state index contributed by atoms with van der Waals surface area (Å²) < 4.78 is 68.2. The van der Waals surface area contributed by atoms with E-state index < -0.39 is 21.1 Å². The van der Waals surface area contributed by atoms with E-state index in [1.165, 1.54) is 28.9 Å². The van der Waals surface area contributed by atoms with Crippen LogP contribution in [0.15, 0.2) is 35.5 Å². The van der Waals surface area contributed by atoms with Gasteiger partial charge in [-0.1, -0.05) is 0 Å². The molecule has 1 N–H and O–H groups in total. The van der Waals surface area contributed by atoms with Gasteiger partial charge in [-0.3, -0.25) is 0 Å². The van der Waals surface area contributed by atoms with E-state index in [9.17, 15) is 21.6 Å². The lowest BCUT2D eigenvalue weighted by Crippen LogP contribution is -2.43. The van der Waals surface area contributed by atoms with Gasteiger partial charge in [0.15, 0.2) is 10.7 Å². The summed E-state index contributed by atoms with van der Waals surface area (Å²) in [4.78, 5) is 5.81. The van der Waals surface area contributed by atoms with Gasteiger partial charge in [0.2, 0.25) is 0 Å². The number of sulfonamides is 1. The first-order chi connectivity index (χ1) is 13.6. The largest absolute Gasteiger partial charge is 0.425 e. The highest BCUT2D eigenvalue weighted by Crippen LogP contribution is 2.38. The van der Waals surface area contributed by atoms with Crippen molar-refractivity contribution in [3.8, 4) is 10.6 Å². The lowest BCUT2D eigenvalue weighted by atomic mass is 10.1. The van der Waals surface area contributed by atoms with Crippen molar-refractivity contribution in [2.75, 3.05) is 20.1 Å². The normalized spacial score (nSPS) is 17.2. The van der Waals surface area contributed by atoms with Crippen molar-refractivity contribution >= 4 is 27.0 Å². The molecule has 1 aliphatic rings. The van der Waals surface area contributed by atoms with Gasteiger partial charge in [0.1, 0.15) is 10.6 Å². The fourth-order valence-electron chi connectivity index (χ4n) is 3.20. The summed E-state index contributed by atoms with van der Waals surface area (Å²) in [6.07, 6.45) is -1.66. The number of aromatic nitrogens is 3. The molecule has 4 heterocycles. The number of alkyl halides is 3. The van der Waals surface area contributed by atoms with Crippen LogP contribution in [0.1, 0.15) is 17.7 Å². The second-order valence-corrected chi connectivity index (χ2v) is 9.69. The van der Waals surface area contributed by atoms with E-state index >= 15 is 0 Å². The van der Waals surface area contributed by atoms with Crippen LogP contribution in [0.25, 0.3) is 16.2 Å². The standard InChI is InChI=1S/C17H18F3N5O2S2/c1-24-8-6-11(7-9-24)23-29(26,27)16-5-4-15-21-10-12(25(15)22-16)13-2-3-14(28-13)17(18,19)20/h2-5,10-11,23H,6-9H2,1H3. The molecule has 3 aromatic heterocycles. The number of fused-ring (bicyclic) bond motifs is 1. The Balaban J connectivity index is 1.65. The molecule has 4 rings (SSSR count). The molecular formula is C17H18F3N5O2S2. The lowest BCUT2D eigenvalue weighted by Gasteiger charge is -2.29. The quantitative estimate of drug-likeness (QED) is 0.668. The Labute approximate surface area is 169 Å². The zero-order valence-electron chi connectivity index (χ0n) is 15.3. The molecule has 3 aromatic rings. The van der Waals surface area contributed by atoms with Gasteiger partial charge in [0.05, 0.1) is 11.1 Å². The monoisotopic (exact) mass is 445 g/mol. The Morgan fingerprint density at radius 1 is 1.17 bits per heavy atom. The molecule has 0 bridgehead atoms. The number of nitrogens with zero attached hydrogens (tertiary/aromatic N) is 4. The molecule has 0 radical (unpaired) electrons. The highest BCUT2D eigenvalue weighted by molar-refractivity contribution is 7.89. The molecule has 0 unspecified atom stereocenters. The van der Waals surface area contributed by atoms with E-state index in [-0.39, 0.29) is 11.1 Å². The molecule has 0 spiro atoms. The summed E-state index contributed by atoms with van der Waals surface area (Å²) in [6.45, 7) is 1.59. The van der Waals surface area contributed by atoms with Crippen molar-refractivity contribution in [1.29, 1.82) is 0 Å². The predicted octanol–water partition coefficient (Wildman–Crippen LogP) is 2.85. The number of imidazole rings is 1. The third-order valence-electron chi connectivity index (χ3n) is 4.79. The second-order valence-electron chi connectivity index (χ2n) is 6.95. The van der Waals surface area contributed by atoms with Crippen molar-refractivity contribution in [2.45, 2.75) is 30.1 Å².